The van der Waals surface area contributed by atoms with Crippen LogP contribution in [0.15, 0.2) is 18.2 Å². The maximum Gasteiger partial charge on any atom is 0.234 e. The van der Waals surface area contributed by atoms with E-state index in [-0.39, 0.29) is 17.7 Å². The minimum atomic E-state index is -0.0364. The van der Waals surface area contributed by atoms with Crippen molar-refractivity contribution >= 4 is 35.0 Å². The first-order valence-corrected chi connectivity index (χ1v) is 9.33. The Morgan fingerprint density at radius 1 is 1.17 bits per heavy atom. The van der Waals surface area contributed by atoms with Gasteiger partial charge in [0.25, 0.3) is 0 Å². The molecular formula is C18H26N2O2S. The van der Waals surface area contributed by atoms with Gasteiger partial charge in [-0.3, -0.25) is 9.59 Å². The number of carbonyl (C=O) groups is 2. The van der Waals surface area contributed by atoms with Gasteiger partial charge in [-0.05, 0) is 42.7 Å². The maximum absolute atomic E-state index is 12.3. The molecule has 0 radical (unpaired) electrons. The summed E-state index contributed by atoms with van der Waals surface area (Å²) in [4.78, 5) is 24.4. The van der Waals surface area contributed by atoms with Gasteiger partial charge >= 0.3 is 0 Å². The molecule has 0 aromatic heterocycles. The van der Waals surface area contributed by atoms with Gasteiger partial charge in [-0.1, -0.05) is 32.8 Å². The second-order valence-corrected chi connectivity index (χ2v) is 7.99. The van der Waals surface area contributed by atoms with Gasteiger partial charge in [-0.2, -0.15) is 0 Å². The van der Waals surface area contributed by atoms with E-state index in [4.69, 9.17) is 0 Å². The molecule has 0 atom stereocenters. The van der Waals surface area contributed by atoms with Crippen LogP contribution in [0.2, 0.25) is 0 Å². The summed E-state index contributed by atoms with van der Waals surface area (Å²) in [5.41, 5.74) is 2.43. The molecule has 0 saturated heterocycles. The summed E-state index contributed by atoms with van der Waals surface area (Å²) in [5.74, 6) is 0.558. The van der Waals surface area contributed by atoms with Crippen LogP contribution in [-0.4, -0.2) is 22.8 Å². The molecule has 0 spiro atoms. The van der Waals surface area contributed by atoms with Gasteiger partial charge in [0.1, 0.15) is 0 Å². The molecule has 1 aliphatic rings. The number of nitrogens with one attached hydrogen (secondary N) is 2. The van der Waals surface area contributed by atoms with E-state index in [2.05, 4.69) is 24.5 Å². The lowest BCUT2D eigenvalue weighted by Gasteiger charge is -2.16. The predicted molar refractivity (Wildman–Crippen MR) is 98.0 cm³/mol. The van der Waals surface area contributed by atoms with Gasteiger partial charge < -0.3 is 10.6 Å². The molecule has 4 nitrogen and oxygen atoms in total. The molecule has 0 unspecified atom stereocenters. The van der Waals surface area contributed by atoms with Crippen LogP contribution in [0.5, 0.6) is 0 Å². The average Bonchev–Trinajstić information content (AvgIpc) is 3.02. The maximum atomic E-state index is 12.3. The van der Waals surface area contributed by atoms with Crippen molar-refractivity contribution in [3.05, 3.63) is 23.8 Å². The Kier molecular flexibility index (Phi) is 6.51. The van der Waals surface area contributed by atoms with E-state index in [1.165, 1.54) is 0 Å². The molecule has 2 amide bonds. The zero-order chi connectivity index (χ0) is 16.8. The largest absolute Gasteiger partial charge is 0.324 e. The summed E-state index contributed by atoms with van der Waals surface area (Å²) in [6, 6.07) is 5.72. The fourth-order valence-corrected chi connectivity index (χ4v) is 3.28. The number of carbonyl (C=O) groups excluding carboxylic acids is 2. The molecule has 2 rings (SSSR count). The van der Waals surface area contributed by atoms with Gasteiger partial charge in [0.15, 0.2) is 0 Å². The van der Waals surface area contributed by atoms with E-state index in [0.29, 0.717) is 22.4 Å². The molecule has 0 aliphatic heterocycles. The molecule has 1 aromatic carbocycles. The molecule has 23 heavy (non-hydrogen) atoms. The van der Waals surface area contributed by atoms with Crippen LogP contribution in [-0.2, 0) is 9.59 Å². The van der Waals surface area contributed by atoms with Crippen molar-refractivity contribution < 1.29 is 9.59 Å². The van der Waals surface area contributed by atoms with E-state index in [9.17, 15) is 9.59 Å². The number of hydrogen-bond acceptors (Lipinski definition) is 3. The van der Waals surface area contributed by atoms with Crippen molar-refractivity contribution in [3.63, 3.8) is 0 Å². The SMILES string of the molecule is Cc1ccc(NC(=O)C2CCCC2)c(NC(=O)CSC(C)C)c1. The van der Waals surface area contributed by atoms with E-state index >= 15 is 0 Å². The standard InChI is InChI=1S/C18H26N2O2S/c1-12(2)23-11-17(21)19-16-10-13(3)8-9-15(16)20-18(22)14-6-4-5-7-14/h8-10,12,14H,4-7,11H2,1-3H3,(H,19,21)(H,20,22). The minimum absolute atomic E-state index is 0.0364. The van der Waals surface area contributed by atoms with Crippen LogP contribution in [0.3, 0.4) is 0 Å². The van der Waals surface area contributed by atoms with Crippen LogP contribution in [0.4, 0.5) is 11.4 Å². The monoisotopic (exact) mass is 334 g/mol. The third kappa shape index (κ3) is 5.57. The van der Waals surface area contributed by atoms with Crippen LogP contribution < -0.4 is 10.6 Å². The highest BCUT2D eigenvalue weighted by Crippen LogP contribution is 2.29. The molecule has 0 bridgehead atoms. The van der Waals surface area contributed by atoms with E-state index < -0.39 is 0 Å². The molecule has 126 valence electrons. The van der Waals surface area contributed by atoms with E-state index in [1.807, 2.05) is 25.1 Å². The van der Waals surface area contributed by atoms with Gasteiger partial charge in [0, 0.05) is 5.92 Å². The number of aryl methyl sites for hydroxylation is 1. The summed E-state index contributed by atoms with van der Waals surface area (Å²) >= 11 is 1.60. The molecular weight excluding hydrogens is 308 g/mol. The average molecular weight is 334 g/mol. The zero-order valence-corrected chi connectivity index (χ0v) is 15.0. The lowest BCUT2D eigenvalue weighted by molar-refractivity contribution is -0.119. The Labute approximate surface area is 142 Å². The minimum Gasteiger partial charge on any atom is -0.324 e. The second kappa shape index (κ2) is 8.39. The third-order valence-corrected chi connectivity index (χ3v) is 5.08. The third-order valence-electron chi connectivity index (χ3n) is 3.98. The van der Waals surface area contributed by atoms with Crippen LogP contribution >= 0.6 is 11.8 Å². The Balaban J connectivity index is 2.04. The molecule has 1 fully saturated rings. The van der Waals surface area contributed by atoms with Gasteiger partial charge in [0.05, 0.1) is 17.1 Å². The van der Waals surface area contributed by atoms with E-state index in [1.54, 1.807) is 11.8 Å². The Morgan fingerprint density at radius 2 is 1.87 bits per heavy atom. The fourth-order valence-electron chi connectivity index (χ4n) is 2.72. The van der Waals surface area contributed by atoms with Crippen molar-refractivity contribution in [2.75, 3.05) is 16.4 Å². The summed E-state index contributed by atoms with van der Waals surface area (Å²) in [7, 11) is 0. The fraction of sp³-hybridized carbons (Fsp3) is 0.556. The Morgan fingerprint density at radius 3 is 2.52 bits per heavy atom. The lowest BCUT2D eigenvalue weighted by Crippen LogP contribution is -2.22. The van der Waals surface area contributed by atoms with Crippen molar-refractivity contribution in [1.29, 1.82) is 0 Å². The Bertz CT molecular complexity index is 566. The van der Waals surface area contributed by atoms with Crippen LogP contribution in [0.25, 0.3) is 0 Å². The van der Waals surface area contributed by atoms with Crippen molar-refractivity contribution in [2.24, 2.45) is 5.92 Å². The zero-order valence-electron chi connectivity index (χ0n) is 14.1. The highest BCUT2D eigenvalue weighted by molar-refractivity contribution is 8.00. The predicted octanol–water partition coefficient (Wildman–Crippen LogP) is 4.20. The number of benzene rings is 1. The highest BCUT2D eigenvalue weighted by atomic mass is 32.2. The highest BCUT2D eigenvalue weighted by Gasteiger charge is 2.23. The Hall–Kier alpha value is -1.49. The van der Waals surface area contributed by atoms with Crippen LogP contribution in [0.1, 0.15) is 45.1 Å². The number of hydrogen-bond donors (Lipinski definition) is 2. The number of rotatable bonds is 6. The van der Waals surface area contributed by atoms with E-state index in [0.717, 1.165) is 31.2 Å². The number of anilines is 2. The second-order valence-electron chi connectivity index (χ2n) is 6.43. The first-order valence-electron chi connectivity index (χ1n) is 8.28. The number of thioether (sulfide) groups is 1. The molecule has 5 heteroatoms. The van der Waals surface area contributed by atoms with Gasteiger partial charge in [0.2, 0.25) is 11.8 Å². The van der Waals surface area contributed by atoms with Gasteiger partial charge in [-0.25, -0.2) is 0 Å². The molecule has 0 heterocycles. The first-order chi connectivity index (χ1) is 11.0. The smallest absolute Gasteiger partial charge is 0.234 e. The summed E-state index contributed by atoms with van der Waals surface area (Å²) in [6.45, 7) is 6.11. The lowest BCUT2D eigenvalue weighted by atomic mass is 10.1. The van der Waals surface area contributed by atoms with Crippen molar-refractivity contribution in [2.45, 2.75) is 51.7 Å². The normalized spacial score (nSPS) is 15.0. The quantitative estimate of drug-likeness (QED) is 0.819. The number of amides is 2. The van der Waals surface area contributed by atoms with Gasteiger partial charge in [-0.15, -0.1) is 11.8 Å². The molecule has 1 saturated carbocycles. The molecule has 1 aromatic rings. The molecule has 2 N–H and O–H groups in total. The van der Waals surface area contributed by atoms with Crippen molar-refractivity contribution in [1.82, 2.24) is 0 Å². The van der Waals surface area contributed by atoms with Crippen LogP contribution in [0, 0.1) is 12.8 Å². The first kappa shape index (κ1) is 17.9. The molecule has 1 aliphatic carbocycles. The van der Waals surface area contributed by atoms with Crippen molar-refractivity contribution in [3.8, 4) is 0 Å². The summed E-state index contributed by atoms with van der Waals surface area (Å²) in [5, 5.41) is 6.33. The summed E-state index contributed by atoms with van der Waals surface area (Å²) in [6.07, 6.45) is 4.18. The summed E-state index contributed by atoms with van der Waals surface area (Å²) < 4.78 is 0. The topological polar surface area (TPSA) is 58.2 Å².